The molecule has 0 unspecified atom stereocenters. The molecule has 0 spiro atoms. The number of aryl methyl sites for hydroxylation is 2. The summed E-state index contributed by atoms with van der Waals surface area (Å²) in [5, 5.41) is 9.12. The summed E-state index contributed by atoms with van der Waals surface area (Å²) < 4.78 is 5.64. The Morgan fingerprint density at radius 2 is 2.06 bits per heavy atom. The van der Waals surface area contributed by atoms with E-state index in [-0.39, 0.29) is 10.9 Å². The van der Waals surface area contributed by atoms with E-state index in [1.807, 2.05) is 38.1 Å². The highest BCUT2D eigenvalue weighted by Gasteiger charge is 2.10. The summed E-state index contributed by atoms with van der Waals surface area (Å²) in [7, 11) is 0. The molecule has 0 atom stereocenters. The van der Waals surface area contributed by atoms with Crippen molar-refractivity contribution >= 4 is 11.6 Å². The number of aromatic nitrogens is 1. The van der Waals surface area contributed by atoms with Gasteiger partial charge in [-0.2, -0.15) is 5.26 Å². The first-order valence-corrected chi connectivity index (χ1v) is 5.79. The molecule has 0 aliphatic rings. The summed E-state index contributed by atoms with van der Waals surface area (Å²) in [6.07, 6.45) is 1.50. The fourth-order valence-corrected chi connectivity index (χ4v) is 1.79. The summed E-state index contributed by atoms with van der Waals surface area (Å²) in [4.78, 5) is 4.04. The van der Waals surface area contributed by atoms with Crippen molar-refractivity contribution in [1.82, 2.24) is 4.98 Å². The SMILES string of the molecule is Cc1ccc(Oc2nccc(C#N)c2Cl)c(C)c1. The molecule has 1 aromatic heterocycles. The van der Waals surface area contributed by atoms with Crippen LogP contribution in [0.1, 0.15) is 16.7 Å². The predicted octanol–water partition coefficient (Wildman–Crippen LogP) is 4.02. The first kappa shape index (κ1) is 12.4. The van der Waals surface area contributed by atoms with Crippen molar-refractivity contribution in [1.29, 1.82) is 5.26 Å². The zero-order valence-corrected chi connectivity index (χ0v) is 10.8. The number of pyridine rings is 1. The number of benzene rings is 1. The second-order valence-corrected chi connectivity index (χ2v) is 4.34. The summed E-state index contributed by atoms with van der Waals surface area (Å²) >= 11 is 6.03. The van der Waals surface area contributed by atoms with Gasteiger partial charge in [0.1, 0.15) is 16.8 Å². The molecule has 2 aromatic rings. The molecule has 0 radical (unpaired) electrons. The van der Waals surface area contributed by atoms with E-state index >= 15 is 0 Å². The highest BCUT2D eigenvalue weighted by Crippen LogP contribution is 2.31. The number of ether oxygens (including phenoxy) is 1. The van der Waals surface area contributed by atoms with Crippen LogP contribution in [0.4, 0.5) is 0 Å². The molecule has 2 rings (SSSR count). The van der Waals surface area contributed by atoms with Crippen LogP contribution in [0.2, 0.25) is 5.02 Å². The largest absolute Gasteiger partial charge is 0.437 e. The van der Waals surface area contributed by atoms with E-state index in [1.165, 1.54) is 6.20 Å². The molecule has 0 fully saturated rings. The average molecular weight is 259 g/mol. The Bertz CT molecular complexity index is 632. The van der Waals surface area contributed by atoms with E-state index in [9.17, 15) is 0 Å². The highest BCUT2D eigenvalue weighted by molar-refractivity contribution is 6.33. The van der Waals surface area contributed by atoms with Crippen molar-refractivity contribution in [2.75, 3.05) is 0 Å². The summed E-state index contributed by atoms with van der Waals surface area (Å²) in [5.74, 6) is 0.938. The molecule has 0 saturated heterocycles. The molecular weight excluding hydrogens is 248 g/mol. The number of nitrogens with zero attached hydrogens (tertiary/aromatic N) is 2. The molecule has 1 heterocycles. The summed E-state index contributed by atoms with van der Waals surface area (Å²) in [5.41, 5.74) is 2.51. The number of hydrogen-bond donors (Lipinski definition) is 0. The minimum absolute atomic E-state index is 0.236. The summed E-state index contributed by atoms with van der Waals surface area (Å²) in [6.45, 7) is 3.96. The minimum atomic E-state index is 0.236. The minimum Gasteiger partial charge on any atom is -0.437 e. The normalized spacial score (nSPS) is 9.89. The zero-order chi connectivity index (χ0) is 13.1. The van der Waals surface area contributed by atoms with Gasteiger partial charge >= 0.3 is 0 Å². The maximum atomic E-state index is 8.88. The third-order valence-electron chi connectivity index (χ3n) is 2.51. The van der Waals surface area contributed by atoms with Gasteiger partial charge in [0.15, 0.2) is 0 Å². The maximum Gasteiger partial charge on any atom is 0.239 e. The van der Waals surface area contributed by atoms with Crippen molar-refractivity contribution in [3.63, 3.8) is 0 Å². The lowest BCUT2D eigenvalue weighted by Crippen LogP contribution is -1.93. The van der Waals surface area contributed by atoms with Gasteiger partial charge in [-0.15, -0.1) is 0 Å². The molecular formula is C14H11ClN2O. The van der Waals surface area contributed by atoms with Crippen molar-refractivity contribution in [2.45, 2.75) is 13.8 Å². The number of hydrogen-bond acceptors (Lipinski definition) is 3. The molecule has 0 aliphatic heterocycles. The van der Waals surface area contributed by atoms with Crippen LogP contribution in [0, 0.1) is 25.2 Å². The van der Waals surface area contributed by atoms with Gasteiger partial charge in [-0.25, -0.2) is 4.98 Å². The van der Waals surface area contributed by atoms with Crippen LogP contribution in [0.25, 0.3) is 0 Å². The molecule has 3 nitrogen and oxygen atoms in total. The fourth-order valence-electron chi connectivity index (χ4n) is 1.60. The Morgan fingerprint density at radius 3 is 2.72 bits per heavy atom. The lowest BCUT2D eigenvalue weighted by Gasteiger charge is -2.09. The molecule has 0 saturated carbocycles. The molecule has 0 amide bonds. The van der Waals surface area contributed by atoms with E-state index in [2.05, 4.69) is 4.98 Å². The van der Waals surface area contributed by atoms with Crippen LogP contribution in [0.5, 0.6) is 11.6 Å². The second kappa shape index (κ2) is 5.07. The lowest BCUT2D eigenvalue weighted by molar-refractivity contribution is 0.459. The molecule has 0 bridgehead atoms. The zero-order valence-electron chi connectivity index (χ0n) is 10.1. The van der Waals surface area contributed by atoms with E-state index < -0.39 is 0 Å². The van der Waals surface area contributed by atoms with Gasteiger partial charge in [-0.05, 0) is 31.5 Å². The Kier molecular flexibility index (Phi) is 3.50. The Hall–Kier alpha value is -2.05. The molecule has 0 aliphatic carbocycles. The smallest absolute Gasteiger partial charge is 0.239 e. The van der Waals surface area contributed by atoms with Gasteiger partial charge in [0.05, 0.1) is 5.56 Å². The number of rotatable bonds is 2. The molecule has 18 heavy (non-hydrogen) atoms. The van der Waals surface area contributed by atoms with Crippen molar-refractivity contribution in [3.8, 4) is 17.7 Å². The quantitative estimate of drug-likeness (QED) is 0.817. The lowest BCUT2D eigenvalue weighted by atomic mass is 10.1. The standard InChI is InChI=1S/C14H11ClN2O/c1-9-3-4-12(10(2)7-9)18-14-13(15)11(8-16)5-6-17-14/h3-7H,1-2H3. The van der Waals surface area contributed by atoms with Crippen LogP contribution in [0.15, 0.2) is 30.5 Å². The first-order chi connectivity index (χ1) is 8.61. The van der Waals surface area contributed by atoms with Gasteiger partial charge < -0.3 is 4.74 Å². The summed E-state index contributed by atoms with van der Waals surface area (Å²) in [6, 6.07) is 9.37. The van der Waals surface area contributed by atoms with E-state index in [1.54, 1.807) is 6.07 Å². The predicted molar refractivity (Wildman–Crippen MR) is 70.0 cm³/mol. The van der Waals surface area contributed by atoms with Gasteiger partial charge in [-0.3, -0.25) is 0 Å². The van der Waals surface area contributed by atoms with Crippen LogP contribution >= 0.6 is 11.6 Å². The van der Waals surface area contributed by atoms with Gasteiger partial charge in [-0.1, -0.05) is 29.3 Å². The van der Waals surface area contributed by atoms with E-state index in [0.717, 1.165) is 11.1 Å². The van der Waals surface area contributed by atoms with Crippen LogP contribution in [-0.4, -0.2) is 4.98 Å². The number of halogens is 1. The van der Waals surface area contributed by atoms with Gasteiger partial charge in [0.2, 0.25) is 5.88 Å². The topological polar surface area (TPSA) is 45.9 Å². The monoisotopic (exact) mass is 258 g/mol. The number of nitriles is 1. The Morgan fingerprint density at radius 1 is 1.28 bits per heavy atom. The first-order valence-electron chi connectivity index (χ1n) is 5.41. The maximum absolute atomic E-state index is 8.88. The van der Waals surface area contributed by atoms with Crippen LogP contribution in [0.3, 0.4) is 0 Å². The molecule has 0 N–H and O–H groups in total. The van der Waals surface area contributed by atoms with E-state index in [0.29, 0.717) is 11.3 Å². The Balaban J connectivity index is 2.38. The third-order valence-corrected chi connectivity index (χ3v) is 2.88. The molecule has 90 valence electrons. The van der Waals surface area contributed by atoms with Crippen molar-refractivity contribution < 1.29 is 4.74 Å². The highest BCUT2D eigenvalue weighted by atomic mass is 35.5. The van der Waals surface area contributed by atoms with Crippen molar-refractivity contribution in [3.05, 3.63) is 52.2 Å². The third kappa shape index (κ3) is 2.44. The molecule has 1 aromatic carbocycles. The van der Waals surface area contributed by atoms with Crippen LogP contribution in [-0.2, 0) is 0 Å². The van der Waals surface area contributed by atoms with Gasteiger partial charge in [0, 0.05) is 6.20 Å². The van der Waals surface area contributed by atoms with E-state index in [4.69, 9.17) is 21.6 Å². The fraction of sp³-hybridized carbons (Fsp3) is 0.143. The Labute approximate surface area is 111 Å². The molecule has 4 heteroatoms. The van der Waals surface area contributed by atoms with Crippen molar-refractivity contribution in [2.24, 2.45) is 0 Å². The average Bonchev–Trinajstić information content (AvgIpc) is 2.35. The van der Waals surface area contributed by atoms with Crippen LogP contribution < -0.4 is 4.74 Å². The second-order valence-electron chi connectivity index (χ2n) is 3.96. The van der Waals surface area contributed by atoms with Gasteiger partial charge in [0.25, 0.3) is 0 Å².